The second-order valence-corrected chi connectivity index (χ2v) is 7.39. The molecular formula is C19H27N5O. The van der Waals surface area contributed by atoms with Gasteiger partial charge in [0.25, 0.3) is 0 Å². The van der Waals surface area contributed by atoms with Gasteiger partial charge in [0.05, 0.1) is 17.6 Å². The van der Waals surface area contributed by atoms with Gasteiger partial charge in [0.2, 0.25) is 11.9 Å². The molecule has 2 aromatic rings. The van der Waals surface area contributed by atoms with E-state index in [4.69, 9.17) is 4.98 Å². The predicted octanol–water partition coefficient (Wildman–Crippen LogP) is 1.99. The van der Waals surface area contributed by atoms with E-state index in [0.29, 0.717) is 18.5 Å². The third-order valence-electron chi connectivity index (χ3n) is 5.35. The standard InChI is InChI=1S/C19H27N5O/c1-14(15-7-8-15)20-18(25)13-23-9-4-10-24(12-11-23)19-21-16-5-2-3-6-17(16)22-19/h2-3,5-6,14-15H,4,7-13H2,1H3,(H,20,25)(H,21,22). The van der Waals surface area contributed by atoms with E-state index >= 15 is 0 Å². The smallest absolute Gasteiger partial charge is 0.234 e. The molecule has 25 heavy (non-hydrogen) atoms. The van der Waals surface area contributed by atoms with Gasteiger partial charge in [-0.2, -0.15) is 0 Å². The number of amides is 1. The van der Waals surface area contributed by atoms with Crippen LogP contribution in [0.2, 0.25) is 0 Å². The number of anilines is 1. The average Bonchev–Trinajstić information content (AvgIpc) is 3.39. The zero-order chi connectivity index (χ0) is 17.2. The highest BCUT2D eigenvalue weighted by Gasteiger charge is 2.29. The second kappa shape index (κ2) is 7.04. The van der Waals surface area contributed by atoms with Crippen LogP contribution in [0.4, 0.5) is 5.95 Å². The van der Waals surface area contributed by atoms with Gasteiger partial charge in [0, 0.05) is 32.2 Å². The van der Waals surface area contributed by atoms with Crippen LogP contribution in [-0.2, 0) is 4.79 Å². The van der Waals surface area contributed by atoms with E-state index in [9.17, 15) is 4.79 Å². The maximum atomic E-state index is 12.3. The van der Waals surface area contributed by atoms with E-state index in [2.05, 4.69) is 33.1 Å². The molecule has 2 heterocycles. The van der Waals surface area contributed by atoms with Gasteiger partial charge < -0.3 is 15.2 Å². The quantitative estimate of drug-likeness (QED) is 0.873. The van der Waals surface area contributed by atoms with Crippen molar-refractivity contribution >= 4 is 22.9 Å². The molecule has 1 amide bonds. The lowest BCUT2D eigenvalue weighted by atomic mass is 10.2. The SMILES string of the molecule is CC(NC(=O)CN1CCCN(c2nc3ccccc3[nH]2)CC1)C1CC1. The number of H-pyrrole nitrogens is 1. The molecule has 0 radical (unpaired) electrons. The van der Waals surface area contributed by atoms with E-state index in [-0.39, 0.29) is 5.91 Å². The molecule has 0 bridgehead atoms. The molecule has 1 aromatic carbocycles. The van der Waals surface area contributed by atoms with E-state index < -0.39 is 0 Å². The lowest BCUT2D eigenvalue weighted by molar-refractivity contribution is -0.122. The molecule has 134 valence electrons. The minimum Gasteiger partial charge on any atom is -0.352 e. The number of imidazole rings is 1. The van der Waals surface area contributed by atoms with Crippen molar-refractivity contribution in [3.63, 3.8) is 0 Å². The molecule has 1 aliphatic heterocycles. The number of aromatic nitrogens is 2. The number of para-hydroxylation sites is 2. The fourth-order valence-electron chi connectivity index (χ4n) is 3.65. The summed E-state index contributed by atoms with van der Waals surface area (Å²) in [6, 6.07) is 8.45. The molecule has 6 nitrogen and oxygen atoms in total. The summed E-state index contributed by atoms with van der Waals surface area (Å²) in [5.74, 6) is 1.81. The van der Waals surface area contributed by atoms with Gasteiger partial charge in [-0.05, 0) is 44.2 Å². The molecule has 1 aliphatic carbocycles. The Morgan fingerprint density at radius 2 is 2.12 bits per heavy atom. The van der Waals surface area contributed by atoms with Crippen LogP contribution in [0.1, 0.15) is 26.2 Å². The maximum absolute atomic E-state index is 12.3. The van der Waals surface area contributed by atoms with Crippen LogP contribution in [0, 0.1) is 5.92 Å². The van der Waals surface area contributed by atoms with Crippen molar-refractivity contribution < 1.29 is 4.79 Å². The Hall–Kier alpha value is -2.08. The first-order valence-corrected chi connectivity index (χ1v) is 9.40. The van der Waals surface area contributed by atoms with Crippen LogP contribution in [0.25, 0.3) is 11.0 Å². The molecule has 1 atom stereocenters. The summed E-state index contributed by atoms with van der Waals surface area (Å²) in [7, 11) is 0. The van der Waals surface area contributed by atoms with Crippen molar-refractivity contribution in [1.29, 1.82) is 0 Å². The Balaban J connectivity index is 1.32. The van der Waals surface area contributed by atoms with Gasteiger partial charge in [-0.25, -0.2) is 4.98 Å². The highest BCUT2D eigenvalue weighted by molar-refractivity contribution is 5.78. The first-order chi connectivity index (χ1) is 12.2. The normalized spacial score (nSPS) is 20.4. The van der Waals surface area contributed by atoms with Gasteiger partial charge in [-0.15, -0.1) is 0 Å². The Labute approximate surface area is 148 Å². The Kier molecular flexibility index (Phi) is 4.61. The van der Waals surface area contributed by atoms with Crippen molar-refractivity contribution in [1.82, 2.24) is 20.2 Å². The number of benzene rings is 1. The van der Waals surface area contributed by atoms with Gasteiger partial charge in [0.15, 0.2) is 0 Å². The highest BCUT2D eigenvalue weighted by atomic mass is 16.2. The molecule has 2 N–H and O–H groups in total. The van der Waals surface area contributed by atoms with Crippen molar-refractivity contribution in [3.05, 3.63) is 24.3 Å². The topological polar surface area (TPSA) is 64.3 Å². The number of rotatable bonds is 5. The molecule has 6 heteroatoms. The van der Waals surface area contributed by atoms with Crippen molar-refractivity contribution in [2.24, 2.45) is 5.92 Å². The van der Waals surface area contributed by atoms with Crippen molar-refractivity contribution in [2.75, 3.05) is 37.6 Å². The van der Waals surface area contributed by atoms with Gasteiger partial charge >= 0.3 is 0 Å². The summed E-state index contributed by atoms with van der Waals surface area (Å²) in [6.07, 6.45) is 3.57. The second-order valence-electron chi connectivity index (χ2n) is 7.39. The van der Waals surface area contributed by atoms with E-state index in [1.807, 2.05) is 18.2 Å². The third kappa shape index (κ3) is 3.95. The van der Waals surface area contributed by atoms with E-state index in [1.165, 1.54) is 12.8 Å². The molecule has 2 fully saturated rings. The van der Waals surface area contributed by atoms with Gasteiger partial charge in [0.1, 0.15) is 0 Å². The zero-order valence-corrected chi connectivity index (χ0v) is 14.9. The maximum Gasteiger partial charge on any atom is 0.234 e. The van der Waals surface area contributed by atoms with Crippen LogP contribution < -0.4 is 10.2 Å². The highest BCUT2D eigenvalue weighted by Crippen LogP contribution is 2.32. The third-order valence-corrected chi connectivity index (χ3v) is 5.35. The number of carbonyl (C=O) groups is 1. The number of nitrogens with zero attached hydrogens (tertiary/aromatic N) is 3. The Bertz CT molecular complexity index is 705. The number of hydrogen-bond donors (Lipinski definition) is 2. The van der Waals surface area contributed by atoms with Gasteiger partial charge in [-0.1, -0.05) is 12.1 Å². The molecule has 4 rings (SSSR count). The molecule has 1 saturated carbocycles. The van der Waals surface area contributed by atoms with E-state index in [0.717, 1.165) is 49.6 Å². The number of carbonyl (C=O) groups excluding carboxylic acids is 1. The first-order valence-electron chi connectivity index (χ1n) is 9.40. The van der Waals surface area contributed by atoms with Gasteiger partial charge in [-0.3, -0.25) is 9.69 Å². The fourth-order valence-corrected chi connectivity index (χ4v) is 3.65. The van der Waals surface area contributed by atoms with Crippen LogP contribution in [0.3, 0.4) is 0 Å². The predicted molar refractivity (Wildman–Crippen MR) is 99.7 cm³/mol. The van der Waals surface area contributed by atoms with Crippen molar-refractivity contribution in [3.8, 4) is 0 Å². The summed E-state index contributed by atoms with van der Waals surface area (Å²) in [5.41, 5.74) is 2.08. The summed E-state index contributed by atoms with van der Waals surface area (Å²) < 4.78 is 0. The van der Waals surface area contributed by atoms with Crippen LogP contribution in [0.5, 0.6) is 0 Å². The number of fused-ring (bicyclic) bond motifs is 1. The molecule has 1 aromatic heterocycles. The Morgan fingerprint density at radius 3 is 2.92 bits per heavy atom. The molecular weight excluding hydrogens is 314 g/mol. The number of hydrogen-bond acceptors (Lipinski definition) is 4. The number of aromatic amines is 1. The summed E-state index contributed by atoms with van der Waals surface area (Å²) >= 11 is 0. The fraction of sp³-hybridized carbons (Fsp3) is 0.579. The van der Waals surface area contributed by atoms with Crippen molar-refractivity contribution in [2.45, 2.75) is 32.2 Å². The lowest BCUT2D eigenvalue weighted by Crippen LogP contribution is -2.43. The molecule has 2 aliphatic rings. The largest absolute Gasteiger partial charge is 0.352 e. The van der Waals surface area contributed by atoms with Crippen LogP contribution in [0.15, 0.2) is 24.3 Å². The minimum atomic E-state index is 0.164. The summed E-state index contributed by atoms with van der Waals surface area (Å²) in [6.45, 7) is 6.35. The monoisotopic (exact) mass is 341 g/mol. The molecule has 1 unspecified atom stereocenters. The minimum absolute atomic E-state index is 0.164. The number of nitrogens with one attached hydrogen (secondary N) is 2. The van der Waals surface area contributed by atoms with Crippen LogP contribution >= 0.6 is 0 Å². The Morgan fingerprint density at radius 1 is 1.28 bits per heavy atom. The van der Waals surface area contributed by atoms with E-state index in [1.54, 1.807) is 0 Å². The zero-order valence-electron chi connectivity index (χ0n) is 14.9. The summed E-state index contributed by atoms with van der Waals surface area (Å²) in [5, 5.41) is 3.16. The first kappa shape index (κ1) is 16.4. The van der Waals surface area contributed by atoms with Crippen LogP contribution in [-0.4, -0.2) is 59.5 Å². The summed E-state index contributed by atoms with van der Waals surface area (Å²) in [4.78, 5) is 24.9. The molecule has 1 saturated heterocycles. The average molecular weight is 341 g/mol. The lowest BCUT2D eigenvalue weighted by Gasteiger charge is -2.22. The molecule has 0 spiro atoms.